The van der Waals surface area contributed by atoms with E-state index in [1.807, 2.05) is 0 Å². The van der Waals surface area contributed by atoms with Crippen molar-refractivity contribution in [1.29, 1.82) is 0 Å². The predicted octanol–water partition coefficient (Wildman–Crippen LogP) is 23.3. The predicted molar refractivity (Wildman–Crippen MR) is 435 cm³/mol. The number of hydrogen-bond donors (Lipinski definition) is 4. The van der Waals surface area contributed by atoms with Crippen molar-refractivity contribution in [1.82, 2.24) is 0 Å². The van der Waals surface area contributed by atoms with Crippen molar-refractivity contribution >= 4 is 33.6 Å². The molecule has 0 amide bonds. The molecular formula is C87H138O16P2. The summed E-state index contributed by atoms with van der Waals surface area (Å²) in [6, 6.07) is 0. The molecule has 0 fully saturated rings. The second-order valence-electron chi connectivity index (χ2n) is 25.4. The van der Waals surface area contributed by atoms with E-state index in [1.165, 1.54) is 25.7 Å². The molecule has 0 aliphatic rings. The van der Waals surface area contributed by atoms with E-state index in [-0.39, 0.29) is 19.3 Å². The lowest BCUT2D eigenvalue weighted by Crippen LogP contribution is -2.30. The van der Waals surface area contributed by atoms with E-state index in [0.717, 1.165) is 173 Å². The van der Waals surface area contributed by atoms with E-state index in [9.17, 15) is 43.5 Å². The first-order chi connectivity index (χ1) is 51.2. The Kier molecular flexibility index (Phi) is 73.4. The monoisotopic (exact) mass is 1500 g/mol. The van der Waals surface area contributed by atoms with Crippen LogP contribution in [0.15, 0.2) is 207 Å². The highest BCUT2D eigenvalue weighted by Gasteiger charge is 2.29. The van der Waals surface area contributed by atoms with E-state index in [2.05, 4.69) is 227 Å². The first-order valence-electron chi connectivity index (χ1n) is 39.4. The molecule has 0 bridgehead atoms. The summed E-state index contributed by atoms with van der Waals surface area (Å²) in [5.41, 5.74) is 0. The molecule has 5 atom stereocenters. The molecule has 0 saturated carbocycles. The number of allylic oxidation sites excluding steroid dienone is 34. The van der Waals surface area contributed by atoms with Gasteiger partial charge in [-0.2, -0.15) is 0 Å². The fraction of sp³-hybridized carbons (Fsp3) is 0.575. The lowest BCUT2D eigenvalue weighted by Gasteiger charge is -2.21. The van der Waals surface area contributed by atoms with Gasteiger partial charge in [-0.1, -0.05) is 285 Å². The highest BCUT2D eigenvalue weighted by molar-refractivity contribution is 7.47. The SMILES string of the molecule is CC/C=C\C/C=C\C/C=C\C/C=C\C/C=C\C/C=C\CCCCCCC(=O)OCC(COP(=O)(O)OCC(O)COP(=O)(O)OCC(O)COC(=O)CCCCCCCCCCC/C=C\C/C=C\C/C=C\C/C=C\C/C=C\CC)OC(=O)CCCC/C=C\C/C=C\C/C=C\C/C=C\C/C=C\C/C=C\CC. The van der Waals surface area contributed by atoms with Crippen LogP contribution >= 0.6 is 15.6 Å². The third-order valence-electron chi connectivity index (χ3n) is 15.5. The minimum atomic E-state index is -4.96. The van der Waals surface area contributed by atoms with Gasteiger partial charge in [0.2, 0.25) is 0 Å². The minimum Gasteiger partial charge on any atom is -0.463 e. The number of esters is 3. The smallest absolute Gasteiger partial charge is 0.463 e. The summed E-state index contributed by atoms with van der Waals surface area (Å²) in [7, 11) is -9.84. The summed E-state index contributed by atoms with van der Waals surface area (Å²) in [6.07, 6.45) is 103. The van der Waals surface area contributed by atoms with Crippen LogP contribution in [0, 0.1) is 0 Å². The normalized spacial score (nSPS) is 15.1. The van der Waals surface area contributed by atoms with Crippen LogP contribution < -0.4 is 0 Å². The van der Waals surface area contributed by atoms with Gasteiger partial charge in [-0.3, -0.25) is 32.5 Å². The zero-order valence-electron chi connectivity index (χ0n) is 64.6. The van der Waals surface area contributed by atoms with Gasteiger partial charge < -0.3 is 34.2 Å². The van der Waals surface area contributed by atoms with Crippen LogP contribution in [0.25, 0.3) is 0 Å². The Labute approximate surface area is 635 Å². The van der Waals surface area contributed by atoms with Gasteiger partial charge in [0.15, 0.2) is 6.10 Å². The summed E-state index contributed by atoms with van der Waals surface area (Å²) in [6.45, 7) is 2.22. The summed E-state index contributed by atoms with van der Waals surface area (Å²) in [5.74, 6) is -1.68. The number of rotatable bonds is 72. The molecule has 0 saturated heterocycles. The molecule has 18 heteroatoms. The van der Waals surface area contributed by atoms with Crippen LogP contribution in [0.5, 0.6) is 0 Å². The lowest BCUT2D eigenvalue weighted by molar-refractivity contribution is -0.161. The molecule has 0 aliphatic carbocycles. The fourth-order valence-corrected chi connectivity index (χ4v) is 11.2. The molecule has 16 nitrogen and oxygen atoms in total. The highest BCUT2D eigenvalue weighted by Crippen LogP contribution is 2.45. The Hall–Kier alpha value is -5.87. The van der Waals surface area contributed by atoms with Gasteiger partial charge in [0.1, 0.15) is 25.4 Å². The molecule has 0 heterocycles. The number of carbonyl (C=O) groups is 3. The van der Waals surface area contributed by atoms with Gasteiger partial charge in [-0.05, 0) is 167 Å². The molecule has 0 aromatic carbocycles. The maximum Gasteiger partial charge on any atom is 0.472 e. The van der Waals surface area contributed by atoms with Crippen molar-refractivity contribution in [3.05, 3.63) is 207 Å². The van der Waals surface area contributed by atoms with Crippen LogP contribution in [-0.4, -0.2) is 95.9 Å². The highest BCUT2D eigenvalue weighted by atomic mass is 31.2. The second-order valence-corrected chi connectivity index (χ2v) is 28.3. The Morgan fingerprint density at radius 3 is 0.771 bits per heavy atom. The summed E-state index contributed by atoms with van der Waals surface area (Å²) < 4.78 is 61.1. The summed E-state index contributed by atoms with van der Waals surface area (Å²) >= 11 is 0. The van der Waals surface area contributed by atoms with E-state index >= 15 is 0 Å². The lowest BCUT2D eigenvalue weighted by atomic mass is 10.1. The van der Waals surface area contributed by atoms with Crippen molar-refractivity contribution in [2.45, 2.75) is 283 Å². The van der Waals surface area contributed by atoms with Crippen molar-refractivity contribution in [2.75, 3.05) is 39.6 Å². The Bertz CT molecular complexity index is 2740. The van der Waals surface area contributed by atoms with Crippen molar-refractivity contribution in [2.24, 2.45) is 0 Å². The molecule has 0 spiro atoms. The molecular weight excluding hydrogens is 1360 g/mol. The van der Waals surface area contributed by atoms with Crippen LogP contribution in [0.3, 0.4) is 0 Å². The molecule has 592 valence electrons. The first kappa shape index (κ1) is 99.1. The summed E-state index contributed by atoms with van der Waals surface area (Å²) in [4.78, 5) is 58.7. The fourth-order valence-electron chi connectivity index (χ4n) is 9.60. The average molecular weight is 1500 g/mol. The maximum absolute atomic E-state index is 13.0. The third-order valence-corrected chi connectivity index (χ3v) is 17.4. The summed E-state index contributed by atoms with van der Waals surface area (Å²) in [5, 5.41) is 20.6. The van der Waals surface area contributed by atoms with Gasteiger partial charge >= 0.3 is 33.6 Å². The molecule has 4 N–H and O–H groups in total. The van der Waals surface area contributed by atoms with Crippen molar-refractivity contribution < 1.29 is 75.8 Å². The zero-order chi connectivity index (χ0) is 76.6. The number of aliphatic hydroxyl groups excluding tert-OH is 2. The number of carbonyl (C=O) groups excluding carboxylic acids is 3. The van der Waals surface area contributed by atoms with Crippen LogP contribution in [0.1, 0.15) is 265 Å². The quantitative estimate of drug-likeness (QED) is 0.0146. The zero-order valence-corrected chi connectivity index (χ0v) is 66.3. The van der Waals surface area contributed by atoms with E-state index < -0.39 is 91.5 Å². The van der Waals surface area contributed by atoms with Gasteiger partial charge in [0, 0.05) is 19.3 Å². The van der Waals surface area contributed by atoms with E-state index in [0.29, 0.717) is 25.7 Å². The molecule has 0 aromatic heterocycles. The van der Waals surface area contributed by atoms with E-state index in [1.54, 1.807) is 0 Å². The molecule has 0 radical (unpaired) electrons. The standard InChI is InChI=1S/C87H138O16P2/c1-4-7-10-13-16-19-22-25-28-31-34-37-39-40-42-45-46-49-52-55-58-61-64-67-70-73-85(90)97-76-82(88)77-99-104(93,94)100-78-83(89)79-101-105(95,96)102-81-84(103-87(92)75-72-69-66-63-60-57-54-51-48-43-36-33-30-27-24-21-18-15-12-9-6-3)80-98-86(91)74-71-68-65-62-59-56-53-50-47-44-41-38-35-32-29-26-23-20-17-14-11-8-5-2/h7-12,16-21,25-30,34-38,40,42-44,47,51,53-54,56,60,63,82-84,88-89H,4-6,13-15,22-24,31-33,39,41,45-46,48-50,52,55,57-59,61-62,64-81H2,1-3H3,(H,93,94)(H,95,96)/b10-7-,11-8-,12-9-,19-16-,20-17-,21-18-,28-25-,29-26-,30-27-,37-34-,38-35-,42-40-,43-36-,47-44-,54-51-,56-53-,63-60-. The van der Waals surface area contributed by atoms with Gasteiger partial charge in [-0.15, -0.1) is 0 Å². The Balaban J connectivity index is 4.79. The average Bonchev–Trinajstić information content (AvgIpc) is 0.917. The third kappa shape index (κ3) is 79.0. The Morgan fingerprint density at radius 2 is 0.476 bits per heavy atom. The minimum absolute atomic E-state index is 0.0337. The molecule has 0 aliphatic heterocycles. The van der Waals surface area contributed by atoms with Crippen molar-refractivity contribution in [3.63, 3.8) is 0 Å². The van der Waals surface area contributed by atoms with Gasteiger partial charge in [0.25, 0.3) is 0 Å². The van der Waals surface area contributed by atoms with Gasteiger partial charge in [0.05, 0.1) is 26.4 Å². The Morgan fingerprint density at radius 1 is 0.267 bits per heavy atom. The molecule has 0 rings (SSSR count). The number of aliphatic hydroxyl groups is 2. The van der Waals surface area contributed by atoms with Crippen LogP contribution in [0.4, 0.5) is 0 Å². The molecule has 105 heavy (non-hydrogen) atoms. The van der Waals surface area contributed by atoms with E-state index in [4.69, 9.17) is 32.3 Å². The number of ether oxygens (including phenoxy) is 3. The van der Waals surface area contributed by atoms with Crippen LogP contribution in [0.2, 0.25) is 0 Å². The van der Waals surface area contributed by atoms with Crippen molar-refractivity contribution in [3.8, 4) is 0 Å². The van der Waals surface area contributed by atoms with Crippen LogP contribution in [-0.2, 0) is 55.8 Å². The first-order valence-corrected chi connectivity index (χ1v) is 42.4. The number of phosphoric acid groups is 2. The number of phosphoric ester groups is 2. The topological polar surface area (TPSA) is 231 Å². The number of unbranched alkanes of at least 4 members (excludes halogenated alkanes) is 15. The largest absolute Gasteiger partial charge is 0.472 e. The van der Waals surface area contributed by atoms with Gasteiger partial charge in [-0.25, -0.2) is 9.13 Å². The molecule has 0 aromatic rings. The maximum atomic E-state index is 13.0. The second kappa shape index (κ2) is 77.7. The number of hydrogen-bond acceptors (Lipinski definition) is 14. The molecule has 5 unspecified atom stereocenters.